The number of anilines is 2. The maximum Gasteiger partial charge on any atom is 0.416 e. The zero-order chi connectivity index (χ0) is 22.5. The van der Waals surface area contributed by atoms with Crippen molar-refractivity contribution in [1.82, 2.24) is 20.0 Å². The van der Waals surface area contributed by atoms with Gasteiger partial charge in [-0.1, -0.05) is 12.1 Å². The third kappa shape index (κ3) is 3.59. The van der Waals surface area contributed by atoms with Gasteiger partial charge in [-0.15, -0.1) is 10.2 Å². The van der Waals surface area contributed by atoms with Crippen molar-refractivity contribution in [2.45, 2.75) is 38.3 Å². The molecular formula is C22H21F3N6O. The number of hydrogen-bond acceptors (Lipinski definition) is 5. The third-order valence-electron chi connectivity index (χ3n) is 6.03. The van der Waals surface area contributed by atoms with Crippen molar-refractivity contribution in [3.05, 3.63) is 58.8 Å². The summed E-state index contributed by atoms with van der Waals surface area (Å²) < 4.78 is 40.4. The number of halogens is 3. The highest BCUT2D eigenvalue weighted by Crippen LogP contribution is 2.41. The van der Waals surface area contributed by atoms with Crippen LogP contribution in [0.4, 0.5) is 24.8 Å². The molecule has 1 fully saturated rings. The van der Waals surface area contributed by atoms with Crippen molar-refractivity contribution in [2.24, 2.45) is 0 Å². The SMILES string of the molecule is Cc1nn(-c2ccc(N3CCCC3)nn2)c2c1[C@@H](c1ccc(C(F)(F)F)cc1)CC(=O)N2. The molecule has 0 radical (unpaired) electrons. The topological polar surface area (TPSA) is 75.9 Å². The molecular weight excluding hydrogens is 421 g/mol. The Hall–Kier alpha value is -3.43. The number of amides is 1. The van der Waals surface area contributed by atoms with E-state index in [1.54, 1.807) is 10.7 Å². The molecule has 1 atom stereocenters. The Morgan fingerprint density at radius 1 is 1.00 bits per heavy atom. The largest absolute Gasteiger partial charge is 0.416 e. The molecule has 5 rings (SSSR count). The van der Waals surface area contributed by atoms with Crippen molar-refractivity contribution in [2.75, 3.05) is 23.3 Å². The van der Waals surface area contributed by atoms with E-state index in [-0.39, 0.29) is 12.3 Å². The fourth-order valence-electron chi connectivity index (χ4n) is 4.45. The highest BCUT2D eigenvalue weighted by molar-refractivity contribution is 5.95. The van der Waals surface area contributed by atoms with E-state index in [2.05, 4.69) is 25.5 Å². The number of aryl methyl sites for hydroxylation is 1. The average molecular weight is 442 g/mol. The Labute approximate surface area is 182 Å². The summed E-state index contributed by atoms with van der Waals surface area (Å²) in [5, 5.41) is 16.0. The summed E-state index contributed by atoms with van der Waals surface area (Å²) in [6.45, 7) is 3.72. The van der Waals surface area contributed by atoms with Crippen LogP contribution in [0.5, 0.6) is 0 Å². The van der Waals surface area contributed by atoms with E-state index in [0.29, 0.717) is 22.9 Å². The lowest BCUT2D eigenvalue weighted by Gasteiger charge is -2.24. The minimum absolute atomic E-state index is 0.129. The second-order valence-corrected chi connectivity index (χ2v) is 8.13. The highest BCUT2D eigenvalue weighted by atomic mass is 19.4. The number of nitrogens with zero attached hydrogens (tertiary/aromatic N) is 5. The number of carbonyl (C=O) groups is 1. The summed E-state index contributed by atoms with van der Waals surface area (Å²) in [4.78, 5) is 14.7. The molecule has 0 unspecified atom stereocenters. The molecule has 1 saturated heterocycles. The molecule has 2 aromatic heterocycles. The number of aromatic nitrogens is 4. The van der Waals surface area contributed by atoms with E-state index in [0.717, 1.165) is 49.4 Å². The Kier molecular flexibility index (Phi) is 4.87. The minimum atomic E-state index is -4.41. The van der Waals surface area contributed by atoms with Gasteiger partial charge in [0.05, 0.1) is 11.3 Å². The highest BCUT2D eigenvalue weighted by Gasteiger charge is 2.34. The summed E-state index contributed by atoms with van der Waals surface area (Å²) in [6, 6.07) is 8.64. The lowest BCUT2D eigenvalue weighted by Crippen LogP contribution is -2.25. The summed E-state index contributed by atoms with van der Waals surface area (Å²) in [5.74, 6) is 1.12. The molecule has 1 amide bonds. The van der Waals surface area contributed by atoms with Crippen LogP contribution in [-0.2, 0) is 11.0 Å². The van der Waals surface area contributed by atoms with Gasteiger partial charge in [0.2, 0.25) is 5.91 Å². The molecule has 1 aromatic carbocycles. The first kappa shape index (κ1) is 20.5. The number of alkyl halides is 3. The van der Waals surface area contributed by atoms with Gasteiger partial charge in [0.15, 0.2) is 11.6 Å². The van der Waals surface area contributed by atoms with Crippen molar-refractivity contribution in [3.8, 4) is 5.82 Å². The smallest absolute Gasteiger partial charge is 0.355 e. The predicted molar refractivity (Wildman–Crippen MR) is 112 cm³/mol. The Balaban J connectivity index is 1.51. The van der Waals surface area contributed by atoms with Crippen molar-refractivity contribution < 1.29 is 18.0 Å². The number of benzene rings is 1. The van der Waals surface area contributed by atoms with E-state index in [4.69, 9.17) is 0 Å². The Bertz CT molecular complexity index is 1150. The van der Waals surface area contributed by atoms with Crippen LogP contribution in [0.1, 0.15) is 47.6 Å². The zero-order valence-corrected chi connectivity index (χ0v) is 17.4. The van der Waals surface area contributed by atoms with E-state index in [9.17, 15) is 18.0 Å². The van der Waals surface area contributed by atoms with Gasteiger partial charge in [0.25, 0.3) is 0 Å². The minimum Gasteiger partial charge on any atom is -0.355 e. The first-order valence-corrected chi connectivity index (χ1v) is 10.5. The zero-order valence-electron chi connectivity index (χ0n) is 17.4. The molecule has 32 heavy (non-hydrogen) atoms. The van der Waals surface area contributed by atoms with Crippen LogP contribution in [0.3, 0.4) is 0 Å². The van der Waals surface area contributed by atoms with Gasteiger partial charge in [-0.2, -0.15) is 23.0 Å². The second-order valence-electron chi connectivity index (χ2n) is 8.13. The monoisotopic (exact) mass is 442 g/mol. The van der Waals surface area contributed by atoms with E-state index < -0.39 is 17.7 Å². The second kappa shape index (κ2) is 7.61. The Morgan fingerprint density at radius 2 is 1.66 bits per heavy atom. The lowest BCUT2D eigenvalue weighted by atomic mass is 9.85. The third-order valence-corrected chi connectivity index (χ3v) is 6.03. The van der Waals surface area contributed by atoms with Crippen molar-refractivity contribution >= 4 is 17.5 Å². The molecule has 0 spiro atoms. The van der Waals surface area contributed by atoms with Gasteiger partial charge in [-0.25, -0.2) is 0 Å². The van der Waals surface area contributed by atoms with E-state index in [1.165, 1.54) is 12.1 Å². The Morgan fingerprint density at radius 3 is 2.28 bits per heavy atom. The summed E-state index contributed by atoms with van der Waals surface area (Å²) in [7, 11) is 0. The van der Waals surface area contributed by atoms with E-state index in [1.807, 2.05) is 13.0 Å². The standard InChI is InChI=1S/C22H21F3N6O/c1-13-20-16(14-4-6-15(7-5-14)22(23,24)25)12-19(32)26-21(20)31(29-13)18-9-8-17(27-28-18)30-10-2-3-11-30/h4-9,16H,2-3,10-12H2,1H3,(H,26,32)/t16-/m1/s1. The average Bonchev–Trinajstić information content (AvgIpc) is 3.41. The predicted octanol–water partition coefficient (Wildman–Crippen LogP) is 4.06. The fourth-order valence-corrected chi connectivity index (χ4v) is 4.45. The van der Waals surface area contributed by atoms with E-state index >= 15 is 0 Å². The van der Waals surface area contributed by atoms with Gasteiger partial charge in [-0.3, -0.25) is 4.79 Å². The van der Waals surface area contributed by atoms with Gasteiger partial charge in [0, 0.05) is 31.0 Å². The molecule has 166 valence electrons. The van der Waals surface area contributed by atoms with Crippen molar-refractivity contribution in [1.29, 1.82) is 0 Å². The van der Waals surface area contributed by atoms with Crippen LogP contribution in [0.25, 0.3) is 5.82 Å². The molecule has 7 nitrogen and oxygen atoms in total. The van der Waals surface area contributed by atoms with Gasteiger partial charge in [-0.05, 0) is 49.6 Å². The summed E-state index contributed by atoms with van der Waals surface area (Å²) >= 11 is 0. The molecule has 2 aliphatic heterocycles. The summed E-state index contributed by atoms with van der Waals surface area (Å²) in [6.07, 6.45) is -2.02. The molecule has 10 heteroatoms. The van der Waals surface area contributed by atoms with Crippen LogP contribution in [0.2, 0.25) is 0 Å². The molecule has 3 aromatic rings. The lowest BCUT2D eigenvalue weighted by molar-refractivity contribution is -0.137. The number of hydrogen-bond donors (Lipinski definition) is 1. The van der Waals surface area contributed by atoms with Gasteiger partial charge < -0.3 is 10.2 Å². The van der Waals surface area contributed by atoms with Crippen LogP contribution < -0.4 is 10.2 Å². The fraction of sp³-hybridized carbons (Fsp3) is 0.364. The number of fused-ring (bicyclic) bond motifs is 1. The normalized spacial score (nSPS) is 18.6. The molecule has 1 N–H and O–H groups in total. The molecule has 4 heterocycles. The van der Waals surface area contributed by atoms with Gasteiger partial charge >= 0.3 is 6.18 Å². The molecule has 0 aliphatic carbocycles. The summed E-state index contributed by atoms with van der Waals surface area (Å²) in [5.41, 5.74) is 1.36. The molecule has 2 aliphatic rings. The van der Waals surface area contributed by atoms with Crippen molar-refractivity contribution in [3.63, 3.8) is 0 Å². The van der Waals surface area contributed by atoms with Crippen LogP contribution in [0.15, 0.2) is 36.4 Å². The maximum absolute atomic E-state index is 13.0. The van der Waals surface area contributed by atoms with Gasteiger partial charge in [0.1, 0.15) is 5.82 Å². The number of nitrogens with one attached hydrogen (secondary N) is 1. The number of rotatable bonds is 3. The first-order valence-electron chi connectivity index (χ1n) is 10.5. The molecule has 0 saturated carbocycles. The van der Waals surface area contributed by atoms with Crippen LogP contribution in [-0.4, -0.2) is 39.0 Å². The maximum atomic E-state index is 13.0. The van der Waals surface area contributed by atoms with Crippen LogP contribution >= 0.6 is 0 Å². The first-order chi connectivity index (χ1) is 15.3. The van der Waals surface area contributed by atoms with Crippen LogP contribution in [0, 0.1) is 6.92 Å². The number of carbonyl (C=O) groups excluding carboxylic acids is 1. The quantitative estimate of drug-likeness (QED) is 0.662. The molecule has 0 bridgehead atoms.